The summed E-state index contributed by atoms with van der Waals surface area (Å²) in [7, 11) is 1.64. The summed E-state index contributed by atoms with van der Waals surface area (Å²) in [6.07, 6.45) is 0. The van der Waals surface area contributed by atoms with Crippen molar-refractivity contribution in [1.82, 2.24) is 5.32 Å². The van der Waals surface area contributed by atoms with E-state index in [-0.39, 0.29) is 11.9 Å². The summed E-state index contributed by atoms with van der Waals surface area (Å²) >= 11 is 0. The molecule has 0 aliphatic rings. The molecule has 0 heterocycles. The van der Waals surface area contributed by atoms with Crippen molar-refractivity contribution in [3.8, 4) is 5.75 Å². The van der Waals surface area contributed by atoms with E-state index in [2.05, 4.69) is 5.32 Å². The SMILES string of the molecule is CCNC(c1ccc(OC)cc1)c1c(C)cc(C)cc1F. The van der Waals surface area contributed by atoms with Crippen molar-refractivity contribution in [1.29, 1.82) is 0 Å². The Balaban J connectivity index is 2.47. The van der Waals surface area contributed by atoms with Gasteiger partial charge in [-0.05, 0) is 55.3 Å². The van der Waals surface area contributed by atoms with Gasteiger partial charge in [0.1, 0.15) is 11.6 Å². The highest BCUT2D eigenvalue weighted by Gasteiger charge is 2.19. The number of hydrogen-bond acceptors (Lipinski definition) is 2. The van der Waals surface area contributed by atoms with E-state index >= 15 is 0 Å². The molecule has 2 nitrogen and oxygen atoms in total. The number of benzene rings is 2. The third-order valence-corrected chi connectivity index (χ3v) is 3.63. The van der Waals surface area contributed by atoms with Crippen molar-refractivity contribution < 1.29 is 9.13 Å². The molecule has 3 heteroatoms. The number of hydrogen-bond donors (Lipinski definition) is 1. The number of rotatable bonds is 5. The zero-order valence-corrected chi connectivity index (χ0v) is 13.0. The Bertz CT molecular complexity index is 584. The average molecular weight is 287 g/mol. The van der Waals surface area contributed by atoms with Gasteiger partial charge in [-0.1, -0.05) is 25.1 Å². The van der Waals surface area contributed by atoms with Crippen molar-refractivity contribution in [2.24, 2.45) is 0 Å². The molecule has 1 N–H and O–H groups in total. The van der Waals surface area contributed by atoms with Gasteiger partial charge in [-0.3, -0.25) is 0 Å². The minimum atomic E-state index is -0.158. The van der Waals surface area contributed by atoms with Crippen LogP contribution < -0.4 is 10.1 Å². The predicted molar refractivity (Wildman–Crippen MR) is 84.4 cm³/mol. The van der Waals surface area contributed by atoms with Crippen LogP contribution in [-0.4, -0.2) is 13.7 Å². The fourth-order valence-corrected chi connectivity index (χ4v) is 2.68. The molecule has 0 saturated heterocycles. The van der Waals surface area contributed by atoms with Crippen LogP contribution in [0.5, 0.6) is 5.75 Å². The molecular weight excluding hydrogens is 265 g/mol. The lowest BCUT2D eigenvalue weighted by atomic mass is 9.93. The first kappa shape index (κ1) is 15.5. The van der Waals surface area contributed by atoms with Crippen LogP contribution in [0.25, 0.3) is 0 Å². The number of halogens is 1. The Morgan fingerprint density at radius 1 is 1.14 bits per heavy atom. The van der Waals surface area contributed by atoms with Crippen LogP contribution in [0.1, 0.15) is 35.2 Å². The lowest BCUT2D eigenvalue weighted by molar-refractivity contribution is 0.414. The highest BCUT2D eigenvalue weighted by atomic mass is 19.1. The lowest BCUT2D eigenvalue weighted by Gasteiger charge is -2.22. The summed E-state index contributed by atoms with van der Waals surface area (Å²) in [4.78, 5) is 0. The largest absolute Gasteiger partial charge is 0.497 e. The molecule has 1 atom stereocenters. The smallest absolute Gasteiger partial charge is 0.128 e. The first-order valence-corrected chi connectivity index (χ1v) is 7.20. The van der Waals surface area contributed by atoms with Gasteiger partial charge in [0.2, 0.25) is 0 Å². The monoisotopic (exact) mass is 287 g/mol. The van der Waals surface area contributed by atoms with Gasteiger partial charge in [0, 0.05) is 5.56 Å². The predicted octanol–water partition coefficient (Wildman–Crippen LogP) is 4.15. The summed E-state index contributed by atoms with van der Waals surface area (Å²) < 4.78 is 19.6. The number of nitrogens with one attached hydrogen (secondary N) is 1. The maximum atomic E-state index is 14.5. The van der Waals surface area contributed by atoms with Gasteiger partial charge < -0.3 is 10.1 Å². The van der Waals surface area contributed by atoms with Crippen LogP contribution in [0.4, 0.5) is 4.39 Å². The van der Waals surface area contributed by atoms with Gasteiger partial charge in [-0.15, -0.1) is 0 Å². The average Bonchev–Trinajstić information content (AvgIpc) is 2.45. The van der Waals surface area contributed by atoms with E-state index in [1.807, 2.05) is 51.1 Å². The van der Waals surface area contributed by atoms with E-state index < -0.39 is 0 Å². The molecule has 0 bridgehead atoms. The summed E-state index contributed by atoms with van der Waals surface area (Å²) in [6, 6.07) is 11.2. The van der Waals surface area contributed by atoms with E-state index in [0.717, 1.165) is 29.0 Å². The topological polar surface area (TPSA) is 21.3 Å². The molecule has 0 aromatic heterocycles. The van der Waals surface area contributed by atoms with Crippen molar-refractivity contribution >= 4 is 0 Å². The third-order valence-electron chi connectivity index (χ3n) is 3.63. The molecule has 0 saturated carbocycles. The second-order valence-corrected chi connectivity index (χ2v) is 5.24. The Labute approximate surface area is 126 Å². The molecule has 0 aliphatic carbocycles. The van der Waals surface area contributed by atoms with Crippen LogP contribution in [0, 0.1) is 19.7 Å². The zero-order chi connectivity index (χ0) is 15.4. The maximum Gasteiger partial charge on any atom is 0.128 e. The zero-order valence-electron chi connectivity index (χ0n) is 13.0. The van der Waals surface area contributed by atoms with Gasteiger partial charge in [-0.2, -0.15) is 0 Å². The van der Waals surface area contributed by atoms with Crippen LogP contribution in [0.3, 0.4) is 0 Å². The quantitative estimate of drug-likeness (QED) is 0.892. The third kappa shape index (κ3) is 3.42. The molecule has 21 heavy (non-hydrogen) atoms. The van der Waals surface area contributed by atoms with Crippen LogP contribution >= 0.6 is 0 Å². The normalized spacial score (nSPS) is 12.2. The van der Waals surface area contributed by atoms with Gasteiger partial charge in [-0.25, -0.2) is 4.39 Å². The maximum absolute atomic E-state index is 14.5. The molecule has 0 spiro atoms. The highest BCUT2D eigenvalue weighted by Crippen LogP contribution is 2.29. The van der Waals surface area contributed by atoms with E-state index in [9.17, 15) is 4.39 Å². The van der Waals surface area contributed by atoms with E-state index in [1.54, 1.807) is 13.2 Å². The van der Waals surface area contributed by atoms with E-state index in [1.165, 1.54) is 0 Å². The summed E-state index contributed by atoms with van der Waals surface area (Å²) in [5.41, 5.74) is 3.66. The Hall–Kier alpha value is -1.87. The summed E-state index contributed by atoms with van der Waals surface area (Å²) in [5.74, 6) is 0.643. The van der Waals surface area contributed by atoms with Crippen molar-refractivity contribution in [3.05, 3.63) is 64.5 Å². The van der Waals surface area contributed by atoms with Gasteiger partial charge in [0.05, 0.1) is 13.2 Å². The minimum absolute atomic E-state index is 0.151. The fourth-order valence-electron chi connectivity index (χ4n) is 2.68. The van der Waals surface area contributed by atoms with Crippen LogP contribution in [-0.2, 0) is 0 Å². The van der Waals surface area contributed by atoms with E-state index in [0.29, 0.717) is 5.56 Å². The standard InChI is InChI=1S/C18H22FNO/c1-5-20-18(14-6-8-15(21-4)9-7-14)17-13(3)10-12(2)11-16(17)19/h6-11,18,20H,5H2,1-4H3. The summed E-state index contributed by atoms with van der Waals surface area (Å²) in [5, 5.41) is 3.37. The van der Waals surface area contributed by atoms with E-state index in [4.69, 9.17) is 4.74 Å². The Kier molecular flexibility index (Phi) is 4.97. The van der Waals surface area contributed by atoms with Crippen molar-refractivity contribution in [2.75, 3.05) is 13.7 Å². The lowest BCUT2D eigenvalue weighted by Crippen LogP contribution is -2.24. The number of ether oxygens (including phenoxy) is 1. The molecule has 0 aliphatic heterocycles. The van der Waals surface area contributed by atoms with Crippen LogP contribution in [0.2, 0.25) is 0 Å². The van der Waals surface area contributed by atoms with Gasteiger partial charge >= 0.3 is 0 Å². The molecule has 2 rings (SSSR count). The Morgan fingerprint density at radius 3 is 2.33 bits per heavy atom. The molecule has 2 aromatic carbocycles. The van der Waals surface area contributed by atoms with Crippen molar-refractivity contribution in [3.63, 3.8) is 0 Å². The first-order valence-electron chi connectivity index (χ1n) is 7.20. The molecule has 0 radical (unpaired) electrons. The number of aryl methyl sites for hydroxylation is 2. The first-order chi connectivity index (χ1) is 10.1. The van der Waals surface area contributed by atoms with Gasteiger partial charge in [0.25, 0.3) is 0 Å². The summed E-state index contributed by atoms with van der Waals surface area (Å²) in [6.45, 7) is 6.66. The highest BCUT2D eigenvalue weighted by molar-refractivity contribution is 5.41. The second-order valence-electron chi connectivity index (χ2n) is 5.24. The molecule has 112 valence electrons. The molecular formula is C18H22FNO. The molecule has 0 amide bonds. The Morgan fingerprint density at radius 2 is 1.81 bits per heavy atom. The molecule has 1 unspecified atom stereocenters. The van der Waals surface area contributed by atoms with Crippen LogP contribution in [0.15, 0.2) is 36.4 Å². The number of methoxy groups -OCH3 is 1. The fraction of sp³-hybridized carbons (Fsp3) is 0.333. The molecule has 0 fully saturated rings. The second kappa shape index (κ2) is 6.72. The minimum Gasteiger partial charge on any atom is -0.497 e. The molecule has 2 aromatic rings. The van der Waals surface area contributed by atoms with Crippen molar-refractivity contribution in [2.45, 2.75) is 26.8 Å². The van der Waals surface area contributed by atoms with Gasteiger partial charge in [0.15, 0.2) is 0 Å².